The SMILES string of the molecule is CCCCCCC[Si](C)(O)CC[SiH](C)C. The lowest BCUT2D eigenvalue weighted by Crippen LogP contribution is -2.30. The van der Waals surface area contributed by atoms with Gasteiger partial charge in [-0.05, 0) is 18.6 Å². The van der Waals surface area contributed by atoms with Gasteiger partial charge < -0.3 is 4.80 Å². The van der Waals surface area contributed by atoms with Crippen LogP contribution in [0.15, 0.2) is 0 Å². The first-order chi connectivity index (χ1) is 6.98. The zero-order chi connectivity index (χ0) is 11.7. The summed E-state index contributed by atoms with van der Waals surface area (Å²) < 4.78 is 0. The highest BCUT2D eigenvalue weighted by molar-refractivity contribution is 6.72. The second-order valence-corrected chi connectivity index (χ2v) is 13.0. The highest BCUT2D eigenvalue weighted by Gasteiger charge is 2.23. The van der Waals surface area contributed by atoms with Gasteiger partial charge in [-0.15, -0.1) is 0 Å². The summed E-state index contributed by atoms with van der Waals surface area (Å²) in [5, 5.41) is 0. The molecule has 0 amide bonds. The molecule has 0 rings (SSSR count). The van der Waals surface area contributed by atoms with E-state index in [0.717, 1.165) is 12.1 Å². The Morgan fingerprint density at radius 3 is 2.13 bits per heavy atom. The Kier molecular flexibility index (Phi) is 8.76. The Morgan fingerprint density at radius 1 is 1.00 bits per heavy atom. The fourth-order valence-corrected chi connectivity index (χ4v) is 7.89. The fourth-order valence-electron chi connectivity index (χ4n) is 1.83. The molecule has 0 saturated heterocycles. The number of hydrogen-bond donors (Lipinski definition) is 1. The van der Waals surface area contributed by atoms with Gasteiger partial charge in [-0.25, -0.2) is 0 Å². The van der Waals surface area contributed by atoms with Crippen molar-refractivity contribution < 1.29 is 4.80 Å². The zero-order valence-corrected chi connectivity index (χ0v) is 13.3. The Bertz CT molecular complexity index is 147. The van der Waals surface area contributed by atoms with Gasteiger partial charge in [-0.2, -0.15) is 0 Å². The number of rotatable bonds is 9. The summed E-state index contributed by atoms with van der Waals surface area (Å²) in [6.07, 6.45) is 6.63. The molecule has 15 heavy (non-hydrogen) atoms. The van der Waals surface area contributed by atoms with E-state index in [4.69, 9.17) is 0 Å². The smallest absolute Gasteiger partial charge is 0.185 e. The van der Waals surface area contributed by atoms with Crippen LogP contribution < -0.4 is 0 Å². The third kappa shape index (κ3) is 10.7. The van der Waals surface area contributed by atoms with Crippen molar-refractivity contribution >= 4 is 17.1 Å². The summed E-state index contributed by atoms with van der Waals surface area (Å²) in [5.41, 5.74) is 0. The molecule has 0 heterocycles. The predicted octanol–water partition coefficient (Wildman–Crippen LogP) is 4.01. The molecule has 1 N–H and O–H groups in total. The van der Waals surface area contributed by atoms with Gasteiger partial charge in [0.25, 0.3) is 0 Å². The minimum atomic E-state index is -1.79. The van der Waals surface area contributed by atoms with Crippen LogP contribution in [-0.4, -0.2) is 21.9 Å². The monoisotopic (exact) mass is 246 g/mol. The first-order valence-electron chi connectivity index (χ1n) is 6.70. The van der Waals surface area contributed by atoms with Gasteiger partial charge in [-0.3, -0.25) is 0 Å². The molecule has 0 aliphatic rings. The maximum Gasteiger partial charge on any atom is 0.185 e. The van der Waals surface area contributed by atoms with Crippen LogP contribution in [0, 0.1) is 0 Å². The van der Waals surface area contributed by atoms with Crippen LogP contribution in [0.2, 0.25) is 37.8 Å². The van der Waals surface area contributed by atoms with E-state index in [-0.39, 0.29) is 0 Å². The van der Waals surface area contributed by atoms with Gasteiger partial charge in [0.15, 0.2) is 8.32 Å². The van der Waals surface area contributed by atoms with E-state index >= 15 is 0 Å². The van der Waals surface area contributed by atoms with Crippen LogP contribution in [0.3, 0.4) is 0 Å². The maximum absolute atomic E-state index is 10.3. The van der Waals surface area contributed by atoms with E-state index in [1.165, 1.54) is 38.1 Å². The summed E-state index contributed by atoms with van der Waals surface area (Å²) in [4.78, 5) is 10.3. The second-order valence-electron chi connectivity index (χ2n) is 5.59. The molecule has 0 aliphatic heterocycles. The summed E-state index contributed by atoms with van der Waals surface area (Å²) in [6, 6.07) is 3.64. The molecule has 0 saturated carbocycles. The minimum absolute atomic E-state index is 0.448. The molecule has 0 aromatic rings. The first kappa shape index (κ1) is 15.4. The summed E-state index contributed by atoms with van der Waals surface area (Å²) >= 11 is 0. The third-order valence-electron chi connectivity index (χ3n) is 3.08. The quantitative estimate of drug-likeness (QED) is 0.481. The highest BCUT2D eigenvalue weighted by atomic mass is 28.4. The Hall–Kier alpha value is 0.394. The van der Waals surface area contributed by atoms with Gasteiger partial charge in [0, 0.05) is 8.80 Å². The average Bonchev–Trinajstić information content (AvgIpc) is 2.15. The predicted molar refractivity (Wildman–Crippen MR) is 75.9 cm³/mol. The van der Waals surface area contributed by atoms with Crippen molar-refractivity contribution in [1.82, 2.24) is 0 Å². The molecule has 1 unspecified atom stereocenters. The van der Waals surface area contributed by atoms with Crippen LogP contribution in [0.5, 0.6) is 0 Å². The van der Waals surface area contributed by atoms with Crippen LogP contribution in [0.4, 0.5) is 0 Å². The molecule has 92 valence electrons. The molecular formula is C12H30OSi2. The highest BCUT2D eigenvalue weighted by Crippen LogP contribution is 2.20. The van der Waals surface area contributed by atoms with Crippen LogP contribution in [0.25, 0.3) is 0 Å². The molecule has 0 aromatic carbocycles. The normalized spacial score (nSPS) is 15.6. The lowest BCUT2D eigenvalue weighted by Gasteiger charge is -2.20. The van der Waals surface area contributed by atoms with Crippen molar-refractivity contribution in [2.75, 3.05) is 0 Å². The largest absolute Gasteiger partial charge is 0.432 e. The van der Waals surface area contributed by atoms with Gasteiger partial charge in [0.05, 0.1) is 0 Å². The standard InChI is InChI=1S/C12H30OSi2/c1-5-6-7-8-9-11-15(4,13)12-10-14(2)3/h13-14H,5-12H2,1-4H3. The molecular weight excluding hydrogens is 216 g/mol. The van der Waals surface area contributed by atoms with Crippen LogP contribution in [0.1, 0.15) is 39.0 Å². The lowest BCUT2D eigenvalue weighted by atomic mass is 10.2. The molecule has 0 fully saturated rings. The lowest BCUT2D eigenvalue weighted by molar-refractivity contribution is 0.527. The van der Waals surface area contributed by atoms with Crippen molar-refractivity contribution in [2.45, 2.75) is 76.8 Å². The molecule has 0 bridgehead atoms. The van der Waals surface area contributed by atoms with Crippen LogP contribution >= 0.6 is 0 Å². The van der Waals surface area contributed by atoms with Crippen molar-refractivity contribution in [1.29, 1.82) is 0 Å². The minimum Gasteiger partial charge on any atom is -0.432 e. The topological polar surface area (TPSA) is 20.2 Å². The average molecular weight is 247 g/mol. The molecule has 0 aromatic heterocycles. The van der Waals surface area contributed by atoms with Gasteiger partial charge in [0.1, 0.15) is 0 Å². The Labute approximate surface area is 99.0 Å². The van der Waals surface area contributed by atoms with E-state index in [1.54, 1.807) is 0 Å². The zero-order valence-electron chi connectivity index (χ0n) is 11.2. The maximum atomic E-state index is 10.3. The second kappa shape index (κ2) is 8.53. The number of unbranched alkanes of at least 4 members (excludes halogenated alkanes) is 4. The molecule has 1 atom stereocenters. The van der Waals surface area contributed by atoms with E-state index in [2.05, 4.69) is 26.6 Å². The third-order valence-corrected chi connectivity index (χ3v) is 7.90. The molecule has 0 radical (unpaired) electrons. The fraction of sp³-hybridized carbons (Fsp3) is 1.00. The van der Waals surface area contributed by atoms with E-state index in [0.29, 0.717) is 0 Å². The van der Waals surface area contributed by atoms with Gasteiger partial charge in [-0.1, -0.05) is 58.2 Å². The van der Waals surface area contributed by atoms with Crippen molar-refractivity contribution in [2.24, 2.45) is 0 Å². The van der Waals surface area contributed by atoms with Gasteiger partial charge in [0.2, 0.25) is 0 Å². The molecule has 1 nitrogen and oxygen atoms in total. The molecule has 3 heteroatoms. The van der Waals surface area contributed by atoms with Gasteiger partial charge >= 0.3 is 0 Å². The first-order valence-corrected chi connectivity index (χ1v) is 12.7. The summed E-state index contributed by atoms with van der Waals surface area (Å²) in [7, 11) is -2.24. The summed E-state index contributed by atoms with van der Waals surface area (Å²) in [6.45, 7) is 9.17. The van der Waals surface area contributed by atoms with E-state index in [9.17, 15) is 4.80 Å². The van der Waals surface area contributed by atoms with Crippen molar-refractivity contribution in [3.8, 4) is 0 Å². The number of hydrogen-bond acceptors (Lipinski definition) is 1. The van der Waals surface area contributed by atoms with E-state index < -0.39 is 17.1 Å². The Balaban J connectivity index is 3.46. The Morgan fingerprint density at radius 2 is 1.60 bits per heavy atom. The molecule has 0 spiro atoms. The van der Waals surface area contributed by atoms with Crippen LogP contribution in [-0.2, 0) is 0 Å². The van der Waals surface area contributed by atoms with Crippen molar-refractivity contribution in [3.05, 3.63) is 0 Å². The summed E-state index contributed by atoms with van der Waals surface area (Å²) in [5.74, 6) is 0. The van der Waals surface area contributed by atoms with E-state index in [1.807, 2.05) is 0 Å². The van der Waals surface area contributed by atoms with Crippen molar-refractivity contribution in [3.63, 3.8) is 0 Å². The molecule has 0 aliphatic carbocycles.